The fourth-order valence-corrected chi connectivity index (χ4v) is 4.37. The lowest BCUT2D eigenvalue weighted by atomic mass is 9.86. The van der Waals surface area contributed by atoms with Crippen LogP contribution in [0.5, 0.6) is 0 Å². The average Bonchev–Trinajstić information content (AvgIpc) is 2.63. The summed E-state index contributed by atoms with van der Waals surface area (Å²) < 4.78 is 0. The van der Waals surface area contributed by atoms with E-state index in [0.717, 1.165) is 19.3 Å². The van der Waals surface area contributed by atoms with Crippen LogP contribution in [0.4, 0.5) is 0 Å². The summed E-state index contributed by atoms with van der Waals surface area (Å²) in [5.41, 5.74) is 4.33. The van der Waals surface area contributed by atoms with E-state index < -0.39 is 0 Å². The Balaban J connectivity index is 0. The predicted octanol–water partition coefficient (Wildman–Crippen LogP) is 3.02. The third-order valence-electron chi connectivity index (χ3n) is 6.13. The molecule has 0 fully saturated rings. The summed E-state index contributed by atoms with van der Waals surface area (Å²) >= 11 is 0. The number of hydrogen-bond acceptors (Lipinski definition) is 2. The van der Waals surface area contributed by atoms with Crippen LogP contribution in [-0.2, 0) is 0 Å². The molecule has 0 rings (SSSR count). The van der Waals surface area contributed by atoms with Gasteiger partial charge in [-0.05, 0) is 39.5 Å². The molecule has 0 aromatic carbocycles. The van der Waals surface area contributed by atoms with E-state index in [1.54, 1.807) is 0 Å². The lowest BCUT2D eigenvalue weighted by molar-refractivity contribution is -0.437. The SMILES string of the molecule is CCCCCCCCCCCCCCCCCC([NH3+])C(CC(C)O)CC(C)O.[Br-]. The summed E-state index contributed by atoms with van der Waals surface area (Å²) in [6.07, 6.45) is 23.0. The van der Waals surface area contributed by atoms with E-state index in [0.29, 0.717) is 12.0 Å². The lowest BCUT2D eigenvalue weighted by Gasteiger charge is -2.23. The number of quaternary nitrogens is 1. The van der Waals surface area contributed by atoms with Crippen molar-refractivity contribution in [1.29, 1.82) is 0 Å². The van der Waals surface area contributed by atoms with Gasteiger partial charge in [-0.1, -0.05) is 96.8 Å². The van der Waals surface area contributed by atoms with Gasteiger partial charge in [-0.15, -0.1) is 0 Å². The van der Waals surface area contributed by atoms with Crippen LogP contribution >= 0.6 is 0 Å². The Morgan fingerprint density at radius 3 is 1.21 bits per heavy atom. The molecular weight excluding hydrogens is 426 g/mol. The Morgan fingerprint density at radius 1 is 0.586 bits per heavy atom. The minimum absolute atomic E-state index is 0. The van der Waals surface area contributed by atoms with Crippen LogP contribution < -0.4 is 22.7 Å². The Morgan fingerprint density at radius 2 is 0.897 bits per heavy atom. The van der Waals surface area contributed by atoms with Crippen molar-refractivity contribution >= 4 is 0 Å². The first-order valence-corrected chi connectivity index (χ1v) is 12.7. The first-order chi connectivity index (χ1) is 13.5. The third-order valence-corrected chi connectivity index (χ3v) is 6.13. The smallest absolute Gasteiger partial charge is 0.0874 e. The summed E-state index contributed by atoms with van der Waals surface area (Å²) in [5.74, 6) is 0.339. The van der Waals surface area contributed by atoms with E-state index in [4.69, 9.17) is 0 Å². The van der Waals surface area contributed by atoms with Crippen LogP contribution in [0, 0.1) is 5.92 Å². The van der Waals surface area contributed by atoms with Gasteiger partial charge >= 0.3 is 0 Å². The standard InChI is InChI=1S/C25H53NO2.BrH/c1-4-5-6-7-8-9-10-11-12-13-14-15-16-17-18-19-25(26)24(20-22(2)27)21-23(3)28;/h22-25,27-28H,4-21,26H2,1-3H3;1H. The second-order valence-electron chi connectivity index (χ2n) is 9.43. The number of hydrogen-bond donors (Lipinski definition) is 3. The molecule has 0 aliphatic rings. The molecule has 0 bridgehead atoms. The van der Waals surface area contributed by atoms with Gasteiger partial charge in [0, 0.05) is 5.92 Å². The maximum atomic E-state index is 9.68. The Labute approximate surface area is 193 Å². The van der Waals surface area contributed by atoms with Crippen LogP contribution in [0.3, 0.4) is 0 Å². The molecule has 0 amide bonds. The lowest BCUT2D eigenvalue weighted by Crippen LogP contribution is -3.00. The van der Waals surface area contributed by atoms with Gasteiger partial charge in [0.05, 0.1) is 18.2 Å². The maximum Gasteiger partial charge on any atom is 0.0874 e. The van der Waals surface area contributed by atoms with Crippen molar-refractivity contribution in [2.45, 2.75) is 155 Å². The molecule has 4 heteroatoms. The molecular formula is C25H54BrNO2. The maximum absolute atomic E-state index is 9.68. The molecule has 0 saturated carbocycles. The summed E-state index contributed by atoms with van der Waals surface area (Å²) in [6.45, 7) is 5.97. The zero-order chi connectivity index (χ0) is 21.0. The third kappa shape index (κ3) is 22.9. The summed E-state index contributed by atoms with van der Waals surface area (Å²) in [7, 11) is 0. The highest BCUT2D eigenvalue weighted by atomic mass is 79.9. The summed E-state index contributed by atoms with van der Waals surface area (Å²) in [6, 6.07) is 0.353. The minimum atomic E-state index is -0.297. The van der Waals surface area contributed by atoms with Crippen LogP contribution in [0.15, 0.2) is 0 Å². The highest BCUT2D eigenvalue weighted by Crippen LogP contribution is 2.20. The molecule has 0 saturated heterocycles. The zero-order valence-electron chi connectivity index (χ0n) is 20.0. The fourth-order valence-electron chi connectivity index (χ4n) is 4.37. The molecule has 0 aliphatic heterocycles. The van der Waals surface area contributed by atoms with Gasteiger partial charge in [-0.25, -0.2) is 0 Å². The van der Waals surface area contributed by atoms with E-state index >= 15 is 0 Å². The molecule has 0 spiro atoms. The van der Waals surface area contributed by atoms with Gasteiger partial charge in [0.1, 0.15) is 0 Å². The Kier molecular flexibility index (Phi) is 25.1. The first-order valence-electron chi connectivity index (χ1n) is 12.7. The van der Waals surface area contributed by atoms with E-state index in [-0.39, 0.29) is 29.2 Å². The molecule has 0 radical (unpaired) electrons. The van der Waals surface area contributed by atoms with Crippen molar-refractivity contribution in [3.8, 4) is 0 Å². The van der Waals surface area contributed by atoms with E-state index in [2.05, 4.69) is 12.7 Å². The van der Waals surface area contributed by atoms with E-state index in [1.165, 1.54) is 96.3 Å². The van der Waals surface area contributed by atoms with Gasteiger partial charge in [-0.3, -0.25) is 0 Å². The molecule has 29 heavy (non-hydrogen) atoms. The number of aliphatic hydroxyl groups excluding tert-OH is 2. The number of aliphatic hydroxyl groups is 2. The molecule has 0 aromatic heterocycles. The van der Waals surface area contributed by atoms with Crippen LogP contribution in [0.1, 0.15) is 136 Å². The van der Waals surface area contributed by atoms with Crippen molar-refractivity contribution < 1.29 is 32.9 Å². The summed E-state index contributed by atoms with van der Waals surface area (Å²) in [5, 5.41) is 19.4. The van der Waals surface area contributed by atoms with Gasteiger partial charge < -0.3 is 32.9 Å². The van der Waals surface area contributed by atoms with Crippen LogP contribution in [0.25, 0.3) is 0 Å². The monoisotopic (exact) mass is 479 g/mol. The van der Waals surface area contributed by atoms with E-state index in [9.17, 15) is 10.2 Å². The molecule has 5 N–H and O–H groups in total. The normalized spacial score (nSPS) is 15.5. The van der Waals surface area contributed by atoms with Crippen LogP contribution in [-0.4, -0.2) is 28.5 Å². The van der Waals surface area contributed by atoms with Gasteiger partial charge in [0.2, 0.25) is 0 Å². The van der Waals surface area contributed by atoms with Crippen molar-refractivity contribution in [2.24, 2.45) is 5.92 Å². The molecule has 0 heterocycles. The summed E-state index contributed by atoms with van der Waals surface area (Å²) in [4.78, 5) is 0. The second kappa shape index (κ2) is 23.0. The van der Waals surface area contributed by atoms with Gasteiger partial charge in [-0.2, -0.15) is 0 Å². The molecule has 3 unspecified atom stereocenters. The van der Waals surface area contributed by atoms with Crippen molar-refractivity contribution in [3.05, 3.63) is 0 Å². The largest absolute Gasteiger partial charge is 1.00 e. The number of unbranched alkanes of at least 4 members (excludes halogenated alkanes) is 14. The average molecular weight is 481 g/mol. The molecule has 3 atom stereocenters. The second-order valence-corrected chi connectivity index (χ2v) is 9.43. The van der Waals surface area contributed by atoms with Crippen molar-refractivity contribution in [3.63, 3.8) is 0 Å². The van der Waals surface area contributed by atoms with Gasteiger partial charge in [0.25, 0.3) is 0 Å². The topological polar surface area (TPSA) is 68.1 Å². The quantitative estimate of drug-likeness (QED) is 0.221. The molecule has 0 aliphatic carbocycles. The van der Waals surface area contributed by atoms with Crippen molar-refractivity contribution in [2.75, 3.05) is 0 Å². The molecule has 0 aromatic rings. The van der Waals surface area contributed by atoms with Crippen molar-refractivity contribution in [1.82, 2.24) is 0 Å². The number of rotatable bonds is 21. The van der Waals surface area contributed by atoms with Crippen LogP contribution in [0.2, 0.25) is 0 Å². The Hall–Kier alpha value is 0.360. The highest BCUT2D eigenvalue weighted by Gasteiger charge is 2.23. The zero-order valence-corrected chi connectivity index (χ0v) is 21.6. The Bertz CT molecular complexity index is 303. The number of halogens is 1. The molecule has 3 nitrogen and oxygen atoms in total. The first kappa shape index (κ1) is 31.5. The predicted molar refractivity (Wildman–Crippen MR) is 122 cm³/mol. The molecule has 178 valence electrons. The minimum Gasteiger partial charge on any atom is -1.00 e. The highest BCUT2D eigenvalue weighted by molar-refractivity contribution is 4.72. The fraction of sp³-hybridized carbons (Fsp3) is 1.00. The van der Waals surface area contributed by atoms with Gasteiger partial charge in [0.15, 0.2) is 0 Å². The van der Waals surface area contributed by atoms with E-state index in [1.807, 2.05) is 13.8 Å².